The molecule has 0 fully saturated rings. The largest absolute Gasteiger partial charge is 0.324 e. The number of hydrogen-bond acceptors (Lipinski definition) is 4. The Labute approximate surface area is 131 Å². The van der Waals surface area contributed by atoms with Crippen LogP contribution in [0.2, 0.25) is 0 Å². The molecule has 110 valence electrons. The van der Waals surface area contributed by atoms with E-state index < -0.39 is 0 Å². The van der Waals surface area contributed by atoms with Gasteiger partial charge in [-0.3, -0.25) is 5.32 Å². The molecule has 1 unspecified atom stereocenters. The topological polar surface area (TPSA) is 78.9 Å². The number of rotatable bonds is 4. The molecule has 21 heavy (non-hydrogen) atoms. The molecular weight excluding hydrogens is 334 g/mol. The zero-order valence-corrected chi connectivity index (χ0v) is 13.3. The lowest BCUT2D eigenvalue weighted by Gasteiger charge is -2.11. The fourth-order valence-electron chi connectivity index (χ4n) is 1.68. The molecule has 0 bridgehead atoms. The van der Waals surface area contributed by atoms with Crippen LogP contribution >= 0.6 is 15.9 Å². The van der Waals surface area contributed by atoms with E-state index in [1.807, 2.05) is 31.3 Å². The number of halogens is 1. The average Bonchev–Trinajstić information content (AvgIpc) is 2.49. The van der Waals surface area contributed by atoms with Crippen LogP contribution in [0.25, 0.3) is 0 Å². The molecule has 0 saturated carbocycles. The number of amides is 2. The van der Waals surface area contributed by atoms with E-state index in [0.717, 1.165) is 5.56 Å². The number of hydrogen-bond donors (Lipinski definition) is 3. The second-order valence-corrected chi connectivity index (χ2v) is 5.25. The maximum Gasteiger partial charge on any atom is 0.324 e. The van der Waals surface area contributed by atoms with Crippen LogP contribution in [0.15, 0.2) is 41.3 Å². The maximum absolute atomic E-state index is 11.8. The third kappa shape index (κ3) is 4.51. The van der Waals surface area contributed by atoms with Crippen LogP contribution in [0.4, 0.5) is 16.3 Å². The lowest BCUT2D eigenvalue weighted by atomic mass is 10.1. The van der Waals surface area contributed by atoms with Crippen LogP contribution in [0, 0.1) is 0 Å². The molecule has 2 amide bonds. The molecule has 0 aliphatic rings. The minimum Gasteiger partial charge on any atom is -0.313 e. The predicted octanol–water partition coefficient (Wildman–Crippen LogP) is 3.16. The number of anilines is 2. The van der Waals surface area contributed by atoms with Crippen molar-refractivity contribution in [1.29, 1.82) is 0 Å². The number of benzene rings is 1. The standard InChI is InChI=1S/C14H16BrN5O/c1-9(16-2)10-3-5-11(6-4-10)19-14(21)20-13-8-17-12(15)7-18-13/h3-9,16H,1-2H3,(H2,18,19,20,21). The minimum atomic E-state index is -0.360. The monoisotopic (exact) mass is 349 g/mol. The van der Waals surface area contributed by atoms with Crippen molar-refractivity contribution >= 4 is 33.5 Å². The lowest BCUT2D eigenvalue weighted by molar-refractivity contribution is 0.262. The fraction of sp³-hybridized carbons (Fsp3) is 0.214. The van der Waals surface area contributed by atoms with Crippen LogP contribution in [-0.2, 0) is 0 Å². The third-order valence-corrected chi connectivity index (χ3v) is 3.37. The molecule has 0 aliphatic carbocycles. The summed E-state index contributed by atoms with van der Waals surface area (Å²) in [7, 11) is 1.91. The van der Waals surface area contributed by atoms with Gasteiger partial charge in [-0.15, -0.1) is 0 Å². The van der Waals surface area contributed by atoms with E-state index in [-0.39, 0.29) is 12.1 Å². The third-order valence-electron chi connectivity index (χ3n) is 2.96. The molecule has 2 rings (SSSR count). The Morgan fingerprint density at radius 2 is 1.86 bits per heavy atom. The van der Waals surface area contributed by atoms with Crippen molar-refractivity contribution in [3.8, 4) is 0 Å². The Balaban J connectivity index is 1.94. The number of carbonyl (C=O) groups excluding carboxylic acids is 1. The van der Waals surface area contributed by atoms with Gasteiger partial charge in [-0.1, -0.05) is 12.1 Å². The molecule has 7 heteroatoms. The van der Waals surface area contributed by atoms with Gasteiger partial charge in [0.2, 0.25) is 0 Å². The minimum absolute atomic E-state index is 0.269. The number of urea groups is 1. The Bertz CT molecular complexity index is 600. The van der Waals surface area contributed by atoms with Crippen molar-refractivity contribution in [2.24, 2.45) is 0 Å². The summed E-state index contributed by atoms with van der Waals surface area (Å²) < 4.78 is 0.614. The van der Waals surface area contributed by atoms with Gasteiger partial charge in [0.25, 0.3) is 0 Å². The van der Waals surface area contributed by atoms with Crippen LogP contribution in [0.5, 0.6) is 0 Å². The van der Waals surface area contributed by atoms with Crippen molar-refractivity contribution in [2.45, 2.75) is 13.0 Å². The highest BCUT2D eigenvalue weighted by molar-refractivity contribution is 9.10. The SMILES string of the molecule is CNC(C)c1ccc(NC(=O)Nc2cnc(Br)cn2)cc1. The van der Waals surface area contributed by atoms with Crippen molar-refractivity contribution in [3.05, 3.63) is 46.8 Å². The van der Waals surface area contributed by atoms with Crippen LogP contribution in [0.3, 0.4) is 0 Å². The van der Waals surface area contributed by atoms with E-state index in [2.05, 4.69) is 48.8 Å². The average molecular weight is 350 g/mol. The van der Waals surface area contributed by atoms with Gasteiger partial charge in [-0.2, -0.15) is 0 Å². The molecule has 3 N–H and O–H groups in total. The van der Waals surface area contributed by atoms with Gasteiger partial charge in [0.05, 0.1) is 12.4 Å². The summed E-state index contributed by atoms with van der Waals surface area (Å²) in [4.78, 5) is 19.8. The van der Waals surface area contributed by atoms with E-state index in [1.165, 1.54) is 12.4 Å². The second kappa shape index (κ2) is 7.14. The quantitative estimate of drug-likeness (QED) is 0.791. The van der Waals surface area contributed by atoms with E-state index in [1.54, 1.807) is 0 Å². The molecule has 6 nitrogen and oxygen atoms in total. The van der Waals surface area contributed by atoms with Crippen molar-refractivity contribution in [1.82, 2.24) is 15.3 Å². The summed E-state index contributed by atoms with van der Waals surface area (Å²) in [6.45, 7) is 2.07. The fourth-order valence-corrected chi connectivity index (χ4v) is 1.88. The highest BCUT2D eigenvalue weighted by Gasteiger charge is 2.05. The van der Waals surface area contributed by atoms with E-state index in [9.17, 15) is 4.79 Å². The van der Waals surface area contributed by atoms with Crippen LogP contribution in [-0.4, -0.2) is 23.0 Å². The van der Waals surface area contributed by atoms with Crippen molar-refractivity contribution < 1.29 is 4.79 Å². The highest BCUT2D eigenvalue weighted by atomic mass is 79.9. The number of carbonyl (C=O) groups is 1. The van der Waals surface area contributed by atoms with E-state index >= 15 is 0 Å². The molecule has 0 radical (unpaired) electrons. The lowest BCUT2D eigenvalue weighted by Crippen LogP contribution is -2.20. The zero-order valence-electron chi connectivity index (χ0n) is 11.7. The first kappa shape index (κ1) is 15.4. The maximum atomic E-state index is 11.8. The second-order valence-electron chi connectivity index (χ2n) is 4.44. The van der Waals surface area contributed by atoms with Gasteiger partial charge >= 0.3 is 6.03 Å². The summed E-state index contributed by atoms with van der Waals surface area (Å²) in [5.41, 5.74) is 1.87. The molecule has 1 heterocycles. The number of aromatic nitrogens is 2. The first-order valence-electron chi connectivity index (χ1n) is 6.41. The Morgan fingerprint density at radius 3 is 2.43 bits per heavy atom. The highest BCUT2D eigenvalue weighted by Crippen LogP contribution is 2.16. The molecule has 1 atom stereocenters. The Kier molecular flexibility index (Phi) is 5.24. The molecule has 2 aromatic rings. The van der Waals surface area contributed by atoms with Gasteiger partial charge in [0.15, 0.2) is 5.82 Å². The van der Waals surface area contributed by atoms with Gasteiger partial charge in [-0.25, -0.2) is 14.8 Å². The van der Waals surface area contributed by atoms with Crippen molar-refractivity contribution in [3.63, 3.8) is 0 Å². The molecule has 0 spiro atoms. The van der Waals surface area contributed by atoms with Gasteiger partial charge < -0.3 is 10.6 Å². The van der Waals surface area contributed by atoms with Crippen molar-refractivity contribution in [2.75, 3.05) is 17.7 Å². The zero-order chi connectivity index (χ0) is 15.2. The first-order chi connectivity index (χ1) is 10.1. The molecule has 0 saturated heterocycles. The normalized spacial score (nSPS) is 11.8. The van der Waals surface area contributed by atoms with Crippen LogP contribution in [0.1, 0.15) is 18.5 Å². The first-order valence-corrected chi connectivity index (χ1v) is 7.20. The number of nitrogens with one attached hydrogen (secondary N) is 3. The summed E-state index contributed by atoms with van der Waals surface area (Å²) in [5, 5.41) is 8.51. The summed E-state index contributed by atoms with van der Waals surface area (Å²) in [5.74, 6) is 0.385. The predicted molar refractivity (Wildman–Crippen MR) is 86.3 cm³/mol. The van der Waals surface area contributed by atoms with Gasteiger partial charge in [0.1, 0.15) is 4.60 Å². The Morgan fingerprint density at radius 1 is 1.14 bits per heavy atom. The molecule has 1 aromatic carbocycles. The van der Waals surface area contributed by atoms with Crippen LogP contribution < -0.4 is 16.0 Å². The Hall–Kier alpha value is -1.99. The molecular formula is C14H16BrN5O. The number of nitrogens with zero attached hydrogens (tertiary/aromatic N) is 2. The summed E-state index contributed by atoms with van der Waals surface area (Å²) in [6, 6.07) is 7.56. The smallest absolute Gasteiger partial charge is 0.313 e. The van der Waals surface area contributed by atoms with E-state index in [0.29, 0.717) is 16.1 Å². The summed E-state index contributed by atoms with van der Waals surface area (Å²) in [6.07, 6.45) is 2.99. The molecule has 0 aliphatic heterocycles. The van der Waals surface area contributed by atoms with Gasteiger partial charge in [-0.05, 0) is 47.6 Å². The van der Waals surface area contributed by atoms with Gasteiger partial charge in [0, 0.05) is 11.7 Å². The summed E-state index contributed by atoms with van der Waals surface area (Å²) >= 11 is 3.18. The van der Waals surface area contributed by atoms with E-state index in [4.69, 9.17) is 0 Å². The molecule has 1 aromatic heterocycles.